The highest BCUT2D eigenvalue weighted by Gasteiger charge is 2.32. The Kier molecular flexibility index (Phi) is 6.90. The van der Waals surface area contributed by atoms with Crippen LogP contribution in [0.3, 0.4) is 0 Å². The van der Waals surface area contributed by atoms with Crippen LogP contribution in [0.1, 0.15) is 38.6 Å². The van der Waals surface area contributed by atoms with Gasteiger partial charge in [-0.05, 0) is 61.9 Å². The molecule has 0 aliphatic heterocycles. The predicted molar refractivity (Wildman–Crippen MR) is 131 cm³/mol. The van der Waals surface area contributed by atoms with Crippen LogP contribution in [0, 0.1) is 5.82 Å². The molecule has 0 aliphatic rings. The van der Waals surface area contributed by atoms with Gasteiger partial charge in [0, 0.05) is 6.54 Å². The second kappa shape index (κ2) is 9.87. The molecule has 1 unspecified atom stereocenters. The highest BCUT2D eigenvalue weighted by atomic mass is 32.2. The molecule has 34 heavy (non-hydrogen) atoms. The van der Waals surface area contributed by atoms with Crippen molar-refractivity contribution in [2.75, 3.05) is 6.54 Å². The second-order valence-corrected chi connectivity index (χ2v) is 9.95. The summed E-state index contributed by atoms with van der Waals surface area (Å²) < 4.78 is 43.7. The first-order chi connectivity index (χ1) is 16.3. The van der Waals surface area contributed by atoms with Crippen LogP contribution in [0.5, 0.6) is 0 Å². The summed E-state index contributed by atoms with van der Waals surface area (Å²) in [4.78, 5) is 18.5. The van der Waals surface area contributed by atoms with E-state index >= 15 is 0 Å². The zero-order valence-corrected chi connectivity index (χ0v) is 19.9. The number of nitrogens with zero attached hydrogens (tertiary/aromatic N) is 3. The lowest BCUT2D eigenvalue weighted by atomic mass is 10.2. The lowest BCUT2D eigenvalue weighted by molar-refractivity contribution is 0.322. The molecule has 4 rings (SSSR count). The van der Waals surface area contributed by atoms with E-state index in [1.165, 1.54) is 33.1 Å². The fourth-order valence-electron chi connectivity index (χ4n) is 3.96. The minimum atomic E-state index is -3.87. The zero-order valence-electron chi connectivity index (χ0n) is 19.1. The van der Waals surface area contributed by atoms with Gasteiger partial charge < -0.3 is 0 Å². The van der Waals surface area contributed by atoms with Crippen molar-refractivity contribution < 1.29 is 12.8 Å². The first kappa shape index (κ1) is 23.8. The number of rotatable bonds is 8. The molecule has 0 fully saturated rings. The second-order valence-electron chi connectivity index (χ2n) is 8.06. The van der Waals surface area contributed by atoms with Crippen LogP contribution >= 0.6 is 0 Å². The molecule has 0 radical (unpaired) electrons. The lowest BCUT2D eigenvalue weighted by Crippen LogP contribution is -2.38. The molecule has 0 saturated heterocycles. The monoisotopic (exact) mass is 479 g/mol. The van der Waals surface area contributed by atoms with Crippen LogP contribution in [0.25, 0.3) is 16.6 Å². The van der Waals surface area contributed by atoms with E-state index in [-0.39, 0.29) is 22.8 Å². The van der Waals surface area contributed by atoms with Crippen molar-refractivity contribution in [3.63, 3.8) is 0 Å². The first-order valence-electron chi connectivity index (χ1n) is 11.2. The summed E-state index contributed by atoms with van der Waals surface area (Å²) in [5.74, 6) is -0.165. The van der Waals surface area contributed by atoms with E-state index in [2.05, 4.69) is 0 Å². The Morgan fingerprint density at radius 3 is 2.29 bits per heavy atom. The van der Waals surface area contributed by atoms with Gasteiger partial charge in [-0.1, -0.05) is 43.7 Å². The van der Waals surface area contributed by atoms with E-state index in [4.69, 9.17) is 4.98 Å². The van der Waals surface area contributed by atoms with Crippen LogP contribution in [-0.4, -0.2) is 28.8 Å². The van der Waals surface area contributed by atoms with E-state index in [0.717, 1.165) is 6.42 Å². The van der Waals surface area contributed by atoms with E-state index in [1.54, 1.807) is 61.5 Å². The fraction of sp³-hybridized carbons (Fsp3) is 0.231. The maximum atomic E-state index is 13.7. The third-order valence-electron chi connectivity index (χ3n) is 5.77. The summed E-state index contributed by atoms with van der Waals surface area (Å²) >= 11 is 0. The molecule has 0 bridgehead atoms. The summed E-state index contributed by atoms with van der Waals surface area (Å²) in [5.41, 5.74) is 0.547. The van der Waals surface area contributed by atoms with Crippen molar-refractivity contribution in [1.29, 1.82) is 0 Å². The summed E-state index contributed by atoms with van der Waals surface area (Å²) in [6.07, 6.45) is 1.44. The van der Waals surface area contributed by atoms with Crippen molar-refractivity contribution >= 4 is 20.9 Å². The highest BCUT2D eigenvalue weighted by Crippen LogP contribution is 2.29. The Morgan fingerprint density at radius 2 is 1.62 bits per heavy atom. The SMILES string of the molecule is CCCCN(C(C)c1nc2ccccc2c(=O)n1-c1ccc(F)cc1)S(=O)(=O)c1ccccc1. The number of sulfonamides is 1. The van der Waals surface area contributed by atoms with Gasteiger partial charge >= 0.3 is 0 Å². The summed E-state index contributed by atoms with van der Waals surface area (Å²) in [5, 5.41) is 0.397. The van der Waals surface area contributed by atoms with Crippen molar-refractivity contribution in [2.24, 2.45) is 0 Å². The third kappa shape index (κ3) is 4.51. The molecule has 8 heteroatoms. The predicted octanol–water partition coefficient (Wildman–Crippen LogP) is 5.08. The Hall–Kier alpha value is -3.36. The molecule has 6 nitrogen and oxygen atoms in total. The van der Waals surface area contributed by atoms with E-state index in [1.807, 2.05) is 6.92 Å². The lowest BCUT2D eigenvalue weighted by Gasteiger charge is -2.29. The van der Waals surface area contributed by atoms with Crippen molar-refractivity contribution in [3.8, 4) is 5.69 Å². The quantitative estimate of drug-likeness (QED) is 0.353. The number of fused-ring (bicyclic) bond motifs is 1. The normalized spacial score (nSPS) is 12.8. The fourth-order valence-corrected chi connectivity index (χ4v) is 5.61. The van der Waals surface area contributed by atoms with E-state index in [9.17, 15) is 17.6 Å². The molecule has 0 N–H and O–H groups in total. The average molecular weight is 480 g/mol. The van der Waals surface area contributed by atoms with Crippen molar-refractivity contribution in [2.45, 2.75) is 37.6 Å². The number of para-hydroxylation sites is 1. The molecule has 1 atom stereocenters. The van der Waals surface area contributed by atoms with Crippen LogP contribution in [0.4, 0.5) is 4.39 Å². The van der Waals surface area contributed by atoms with Gasteiger partial charge in [0.15, 0.2) is 0 Å². The van der Waals surface area contributed by atoms with Gasteiger partial charge in [-0.2, -0.15) is 4.31 Å². The highest BCUT2D eigenvalue weighted by molar-refractivity contribution is 7.89. The van der Waals surface area contributed by atoms with Gasteiger partial charge in [0.05, 0.1) is 27.5 Å². The molecular formula is C26H26FN3O3S. The van der Waals surface area contributed by atoms with Gasteiger partial charge in [-0.3, -0.25) is 9.36 Å². The smallest absolute Gasteiger partial charge is 0.266 e. The molecule has 1 aromatic heterocycles. The molecule has 4 aromatic rings. The van der Waals surface area contributed by atoms with Gasteiger partial charge in [0.25, 0.3) is 5.56 Å². The van der Waals surface area contributed by atoms with Crippen LogP contribution < -0.4 is 5.56 Å². The average Bonchev–Trinajstić information content (AvgIpc) is 2.85. The minimum Gasteiger partial charge on any atom is -0.268 e. The zero-order chi connectivity index (χ0) is 24.3. The number of halogens is 1. The molecular weight excluding hydrogens is 453 g/mol. The van der Waals surface area contributed by atoms with Crippen LogP contribution in [0.2, 0.25) is 0 Å². The standard InChI is InChI=1S/C26H26FN3O3S/c1-3-4-18-29(34(32,33)22-10-6-5-7-11-22)19(2)25-28-24-13-9-8-12-23(24)26(31)30(25)21-16-14-20(27)15-17-21/h5-17,19H,3-4,18H2,1-2H3. The molecule has 0 spiro atoms. The van der Waals surface area contributed by atoms with E-state index in [0.29, 0.717) is 23.0 Å². The minimum absolute atomic E-state index is 0.175. The Morgan fingerprint density at radius 1 is 0.971 bits per heavy atom. The molecule has 0 amide bonds. The summed E-state index contributed by atoms with van der Waals surface area (Å²) in [6, 6.07) is 19.9. The van der Waals surface area contributed by atoms with Crippen LogP contribution in [0.15, 0.2) is 88.6 Å². The van der Waals surface area contributed by atoms with Gasteiger partial charge in [0.2, 0.25) is 10.0 Å². The van der Waals surface area contributed by atoms with Gasteiger partial charge in [0.1, 0.15) is 11.6 Å². The molecule has 1 heterocycles. The number of unbranched alkanes of at least 4 members (excludes halogenated alkanes) is 1. The Labute approximate surface area is 198 Å². The number of aromatic nitrogens is 2. The number of hydrogen-bond donors (Lipinski definition) is 0. The molecule has 3 aromatic carbocycles. The van der Waals surface area contributed by atoms with Gasteiger partial charge in [-0.25, -0.2) is 17.8 Å². The summed E-state index contributed by atoms with van der Waals surface area (Å²) in [6.45, 7) is 3.98. The topological polar surface area (TPSA) is 72.3 Å². The van der Waals surface area contributed by atoms with Crippen LogP contribution in [-0.2, 0) is 10.0 Å². The number of benzene rings is 3. The largest absolute Gasteiger partial charge is 0.268 e. The Bertz CT molecular complexity index is 1450. The maximum absolute atomic E-state index is 13.7. The molecule has 176 valence electrons. The van der Waals surface area contributed by atoms with Gasteiger partial charge in [-0.15, -0.1) is 0 Å². The summed E-state index contributed by atoms with van der Waals surface area (Å²) in [7, 11) is -3.87. The molecule has 0 saturated carbocycles. The van der Waals surface area contributed by atoms with Crippen molar-refractivity contribution in [1.82, 2.24) is 13.9 Å². The Balaban J connectivity index is 1.95. The number of hydrogen-bond acceptors (Lipinski definition) is 4. The van der Waals surface area contributed by atoms with Crippen molar-refractivity contribution in [3.05, 3.63) is 101 Å². The van der Waals surface area contributed by atoms with E-state index < -0.39 is 21.9 Å². The third-order valence-corrected chi connectivity index (χ3v) is 7.76. The first-order valence-corrected chi connectivity index (χ1v) is 12.6. The molecule has 0 aliphatic carbocycles. The maximum Gasteiger partial charge on any atom is 0.266 e.